The van der Waals surface area contributed by atoms with E-state index in [1.165, 1.54) is 19.3 Å². The molecule has 0 aromatic carbocycles. The Hall–Kier alpha value is -0.760. The molecule has 0 amide bonds. The van der Waals surface area contributed by atoms with Crippen molar-refractivity contribution >= 4 is 0 Å². The highest BCUT2D eigenvalue weighted by molar-refractivity contribution is 5.15. The molecule has 2 nitrogen and oxygen atoms in total. The lowest BCUT2D eigenvalue weighted by molar-refractivity contribution is 0.186. The zero-order chi connectivity index (χ0) is 15.6. The number of furan rings is 1. The van der Waals surface area contributed by atoms with Crippen LogP contribution in [0.25, 0.3) is 0 Å². The SMILES string of the molecule is Cc1ccc(C(C)(C)C[C@@H](C)N[C@@H]2CCC[C@@H](C)[C@@H]2C)o1. The summed E-state index contributed by atoms with van der Waals surface area (Å²) < 4.78 is 5.85. The van der Waals surface area contributed by atoms with Gasteiger partial charge in [0.05, 0.1) is 0 Å². The molecule has 0 bridgehead atoms. The Morgan fingerprint density at radius 1 is 1.29 bits per heavy atom. The molecule has 1 saturated carbocycles. The zero-order valence-corrected chi connectivity index (χ0v) is 14.7. The fourth-order valence-electron chi connectivity index (χ4n) is 3.91. The smallest absolute Gasteiger partial charge is 0.109 e. The van der Waals surface area contributed by atoms with Crippen LogP contribution in [0.4, 0.5) is 0 Å². The van der Waals surface area contributed by atoms with Crippen LogP contribution in [0.5, 0.6) is 0 Å². The maximum atomic E-state index is 5.85. The minimum absolute atomic E-state index is 0.0875. The van der Waals surface area contributed by atoms with Crippen molar-refractivity contribution in [1.29, 1.82) is 0 Å². The van der Waals surface area contributed by atoms with Crippen molar-refractivity contribution in [1.82, 2.24) is 5.32 Å². The summed E-state index contributed by atoms with van der Waals surface area (Å²) in [4.78, 5) is 0. The van der Waals surface area contributed by atoms with Crippen LogP contribution in [-0.2, 0) is 5.41 Å². The Morgan fingerprint density at radius 3 is 2.62 bits per heavy atom. The van der Waals surface area contributed by atoms with Crippen LogP contribution < -0.4 is 5.32 Å². The molecule has 1 N–H and O–H groups in total. The lowest BCUT2D eigenvalue weighted by Gasteiger charge is -2.38. The van der Waals surface area contributed by atoms with Crippen LogP contribution in [0.2, 0.25) is 0 Å². The average molecular weight is 291 g/mol. The van der Waals surface area contributed by atoms with Gasteiger partial charge in [0, 0.05) is 17.5 Å². The summed E-state index contributed by atoms with van der Waals surface area (Å²) in [6.45, 7) is 13.7. The molecule has 1 aromatic heterocycles. The first-order valence-electron chi connectivity index (χ1n) is 8.62. The second-order valence-corrected chi connectivity index (χ2v) is 7.94. The molecule has 2 rings (SSSR count). The summed E-state index contributed by atoms with van der Waals surface area (Å²) >= 11 is 0. The van der Waals surface area contributed by atoms with Gasteiger partial charge in [0.25, 0.3) is 0 Å². The van der Waals surface area contributed by atoms with Gasteiger partial charge in [-0.25, -0.2) is 0 Å². The lowest BCUT2D eigenvalue weighted by atomic mass is 9.77. The van der Waals surface area contributed by atoms with E-state index in [0.29, 0.717) is 12.1 Å². The van der Waals surface area contributed by atoms with Crippen molar-refractivity contribution in [3.63, 3.8) is 0 Å². The van der Waals surface area contributed by atoms with E-state index < -0.39 is 0 Å². The Labute approximate surface area is 130 Å². The number of hydrogen-bond donors (Lipinski definition) is 1. The second-order valence-electron chi connectivity index (χ2n) is 7.94. The first kappa shape index (κ1) is 16.6. The molecular formula is C19H33NO. The highest BCUT2D eigenvalue weighted by Gasteiger charge is 2.31. The zero-order valence-electron chi connectivity index (χ0n) is 14.7. The van der Waals surface area contributed by atoms with E-state index in [1.807, 2.05) is 6.92 Å². The highest BCUT2D eigenvalue weighted by atomic mass is 16.3. The third kappa shape index (κ3) is 4.12. The molecule has 0 unspecified atom stereocenters. The normalized spacial score (nSPS) is 28.6. The fourth-order valence-corrected chi connectivity index (χ4v) is 3.91. The number of hydrogen-bond acceptors (Lipinski definition) is 2. The van der Waals surface area contributed by atoms with Crippen LogP contribution in [0, 0.1) is 18.8 Å². The fraction of sp³-hybridized carbons (Fsp3) is 0.789. The Balaban J connectivity index is 1.93. The van der Waals surface area contributed by atoms with Crippen LogP contribution in [0.1, 0.15) is 71.8 Å². The van der Waals surface area contributed by atoms with Crippen LogP contribution in [0.15, 0.2) is 16.5 Å². The average Bonchev–Trinajstić information content (AvgIpc) is 2.82. The van der Waals surface area contributed by atoms with Crippen LogP contribution in [0.3, 0.4) is 0 Å². The van der Waals surface area contributed by atoms with E-state index in [1.54, 1.807) is 0 Å². The summed E-state index contributed by atoms with van der Waals surface area (Å²) in [6.07, 6.45) is 5.20. The minimum Gasteiger partial charge on any atom is -0.466 e. The molecule has 1 aliphatic carbocycles. The molecule has 0 aliphatic heterocycles. The predicted molar refractivity (Wildman–Crippen MR) is 89.7 cm³/mol. The lowest BCUT2D eigenvalue weighted by Crippen LogP contribution is -2.46. The summed E-state index contributed by atoms with van der Waals surface area (Å²) in [5, 5.41) is 3.89. The molecule has 1 aromatic rings. The second kappa shape index (κ2) is 6.56. The van der Waals surface area contributed by atoms with E-state index in [9.17, 15) is 0 Å². The van der Waals surface area contributed by atoms with Gasteiger partial charge in [0.1, 0.15) is 11.5 Å². The van der Waals surface area contributed by atoms with Crippen molar-refractivity contribution in [2.45, 2.75) is 84.7 Å². The molecule has 120 valence electrons. The highest BCUT2D eigenvalue weighted by Crippen LogP contribution is 2.32. The number of rotatable bonds is 5. The quantitative estimate of drug-likeness (QED) is 0.820. The molecule has 1 aliphatic rings. The maximum Gasteiger partial charge on any atom is 0.109 e. The molecule has 21 heavy (non-hydrogen) atoms. The monoisotopic (exact) mass is 291 g/mol. The maximum absolute atomic E-state index is 5.85. The standard InChI is InChI=1S/C19H33NO/c1-13-8-7-9-17(16(13)4)20-14(2)12-19(5,6)18-11-10-15(3)21-18/h10-11,13-14,16-17,20H,7-9,12H2,1-6H3/t13-,14-,16+,17-/m1/s1. The van der Waals surface area contributed by atoms with Gasteiger partial charge in [-0.1, -0.05) is 40.5 Å². The summed E-state index contributed by atoms with van der Waals surface area (Å²) in [7, 11) is 0. The Bertz CT molecular complexity index is 448. The molecule has 1 heterocycles. The van der Waals surface area contributed by atoms with E-state index in [2.05, 4.69) is 52.1 Å². The number of aryl methyl sites for hydroxylation is 1. The van der Waals surface area contributed by atoms with Crippen molar-refractivity contribution in [3.8, 4) is 0 Å². The van der Waals surface area contributed by atoms with Crippen molar-refractivity contribution in [3.05, 3.63) is 23.7 Å². The van der Waals surface area contributed by atoms with Crippen molar-refractivity contribution < 1.29 is 4.42 Å². The largest absolute Gasteiger partial charge is 0.466 e. The first-order chi connectivity index (χ1) is 9.79. The Kier molecular flexibility index (Phi) is 5.19. The van der Waals surface area contributed by atoms with Gasteiger partial charge in [-0.05, 0) is 50.7 Å². The minimum atomic E-state index is 0.0875. The third-order valence-electron chi connectivity index (χ3n) is 5.43. The summed E-state index contributed by atoms with van der Waals surface area (Å²) in [5.41, 5.74) is 0.0875. The Morgan fingerprint density at radius 2 is 2.00 bits per heavy atom. The van der Waals surface area contributed by atoms with Crippen molar-refractivity contribution in [2.24, 2.45) is 11.8 Å². The van der Waals surface area contributed by atoms with Crippen LogP contribution in [-0.4, -0.2) is 12.1 Å². The van der Waals surface area contributed by atoms with Crippen molar-refractivity contribution in [2.75, 3.05) is 0 Å². The van der Waals surface area contributed by atoms with Gasteiger partial charge in [0.2, 0.25) is 0 Å². The van der Waals surface area contributed by atoms with Crippen LogP contribution >= 0.6 is 0 Å². The number of nitrogens with one attached hydrogen (secondary N) is 1. The third-order valence-corrected chi connectivity index (χ3v) is 5.43. The van der Waals surface area contributed by atoms with E-state index in [0.717, 1.165) is 29.8 Å². The molecule has 0 saturated heterocycles. The predicted octanol–water partition coefficient (Wildman–Crippen LogP) is 5.06. The molecule has 2 heteroatoms. The summed E-state index contributed by atoms with van der Waals surface area (Å²) in [6, 6.07) is 5.40. The van der Waals surface area contributed by atoms with E-state index in [4.69, 9.17) is 4.42 Å². The van der Waals surface area contributed by atoms with Gasteiger partial charge < -0.3 is 9.73 Å². The topological polar surface area (TPSA) is 25.2 Å². The first-order valence-corrected chi connectivity index (χ1v) is 8.62. The van der Waals surface area contributed by atoms with Gasteiger partial charge in [-0.3, -0.25) is 0 Å². The molecule has 1 fully saturated rings. The van der Waals surface area contributed by atoms with Gasteiger partial charge >= 0.3 is 0 Å². The van der Waals surface area contributed by atoms with Gasteiger partial charge in [-0.15, -0.1) is 0 Å². The molecule has 0 spiro atoms. The van der Waals surface area contributed by atoms with Gasteiger partial charge in [-0.2, -0.15) is 0 Å². The molecule has 4 atom stereocenters. The summed E-state index contributed by atoms with van der Waals surface area (Å²) in [5.74, 6) is 3.76. The molecule has 0 radical (unpaired) electrons. The van der Waals surface area contributed by atoms with E-state index >= 15 is 0 Å². The van der Waals surface area contributed by atoms with Gasteiger partial charge in [0.15, 0.2) is 0 Å². The van der Waals surface area contributed by atoms with E-state index in [-0.39, 0.29) is 5.41 Å². The molecular weight excluding hydrogens is 258 g/mol.